The molecule has 0 aliphatic heterocycles. The van der Waals surface area contributed by atoms with Gasteiger partial charge in [-0.15, -0.1) is 5.10 Å². The van der Waals surface area contributed by atoms with E-state index < -0.39 is 35.8 Å². The van der Waals surface area contributed by atoms with Crippen LogP contribution in [-0.4, -0.2) is 56.0 Å². The third-order valence-electron chi connectivity index (χ3n) is 7.74. The van der Waals surface area contributed by atoms with Crippen LogP contribution < -0.4 is 10.2 Å². The lowest BCUT2D eigenvalue weighted by Crippen LogP contribution is -2.58. The van der Waals surface area contributed by atoms with Crippen molar-refractivity contribution in [3.05, 3.63) is 142 Å². The number of rotatable bonds is 16. The van der Waals surface area contributed by atoms with Gasteiger partial charge in [0, 0.05) is 25.2 Å². The van der Waals surface area contributed by atoms with Crippen molar-refractivity contribution in [2.24, 2.45) is 0 Å². The van der Waals surface area contributed by atoms with E-state index in [1.54, 1.807) is 54.6 Å². The van der Waals surface area contributed by atoms with Crippen molar-refractivity contribution in [2.75, 3.05) is 10.2 Å². The van der Waals surface area contributed by atoms with Crippen molar-refractivity contribution in [1.29, 1.82) is 0 Å². The van der Waals surface area contributed by atoms with Crippen LogP contribution in [0.3, 0.4) is 0 Å². The molecule has 0 bridgehead atoms. The van der Waals surface area contributed by atoms with Gasteiger partial charge in [-0.1, -0.05) is 121 Å². The van der Waals surface area contributed by atoms with Crippen LogP contribution in [0, 0.1) is 3.95 Å². The number of hydrogen-bond donors (Lipinski definition) is 3. The van der Waals surface area contributed by atoms with E-state index in [0.717, 1.165) is 27.4 Å². The van der Waals surface area contributed by atoms with Crippen molar-refractivity contribution in [3.8, 4) is 0 Å². The number of carbonyl (C=O) groups is 4. The Morgan fingerprint density at radius 2 is 1.32 bits per heavy atom. The number of carboxylic acids is 1. The number of carbonyl (C=O) groups excluding carboxylic acids is 3. The minimum atomic E-state index is -1.80. The van der Waals surface area contributed by atoms with E-state index in [1.165, 1.54) is 0 Å². The van der Waals surface area contributed by atoms with E-state index >= 15 is 4.79 Å². The Morgan fingerprint density at radius 1 is 0.800 bits per heavy atom. The van der Waals surface area contributed by atoms with Crippen molar-refractivity contribution in [1.82, 2.24) is 15.1 Å². The summed E-state index contributed by atoms with van der Waals surface area (Å²) in [6, 6.07) is 33.2. The van der Waals surface area contributed by atoms with Gasteiger partial charge < -0.3 is 9.84 Å². The van der Waals surface area contributed by atoms with E-state index in [4.69, 9.17) is 17.0 Å². The SMILES string of the molecule is O=C(O)CC[C@@H](C(=O)C(C(=O)Nc1n[nH]c(=S)s1)N(C(=O)OCc1ccccc1)c1ccccc1)N(Cc1ccccc1)Cc1ccccc1. The fourth-order valence-corrected chi connectivity index (χ4v) is 6.22. The van der Waals surface area contributed by atoms with Crippen LogP contribution in [-0.2, 0) is 38.8 Å². The zero-order chi connectivity index (χ0) is 35.3. The molecule has 256 valence electrons. The van der Waals surface area contributed by atoms with Gasteiger partial charge in [-0.25, -0.2) is 4.79 Å². The molecule has 13 heteroatoms. The predicted molar refractivity (Wildman–Crippen MR) is 193 cm³/mol. The molecule has 4 aromatic carbocycles. The molecule has 50 heavy (non-hydrogen) atoms. The van der Waals surface area contributed by atoms with Gasteiger partial charge in [0.1, 0.15) is 6.61 Å². The Labute approximate surface area is 298 Å². The van der Waals surface area contributed by atoms with Crippen LogP contribution in [0.15, 0.2) is 121 Å². The zero-order valence-corrected chi connectivity index (χ0v) is 28.5. The molecule has 0 radical (unpaired) electrons. The second kappa shape index (κ2) is 17.8. The van der Waals surface area contributed by atoms with Gasteiger partial charge in [0.05, 0.1) is 6.04 Å². The number of nitrogens with one attached hydrogen (secondary N) is 2. The van der Waals surface area contributed by atoms with E-state index in [2.05, 4.69) is 15.5 Å². The maximum atomic E-state index is 15.1. The van der Waals surface area contributed by atoms with E-state index in [0.29, 0.717) is 9.52 Å². The molecule has 3 N–H and O–H groups in total. The second-order valence-electron chi connectivity index (χ2n) is 11.3. The van der Waals surface area contributed by atoms with Gasteiger partial charge in [0.25, 0.3) is 5.91 Å². The number of H-pyrrole nitrogens is 1. The first-order valence-electron chi connectivity index (χ1n) is 15.8. The Bertz CT molecular complexity index is 1880. The summed E-state index contributed by atoms with van der Waals surface area (Å²) in [6.07, 6.45) is -1.45. The standard InChI is InChI=1S/C37H35N5O6S2/c43-31(44)22-21-30(41(23-26-13-5-1-6-14-26)24-27-15-7-2-8-16-27)33(45)32(34(46)38-35-39-40-36(49)50-35)42(29-19-11-4-12-20-29)37(47)48-25-28-17-9-3-10-18-28/h1-20,30,32H,21-25H2,(H,40,49)(H,43,44)(H,38,39,46)/t30-,32?/m0/s1. The van der Waals surface area contributed by atoms with E-state index in [-0.39, 0.29) is 43.4 Å². The van der Waals surface area contributed by atoms with Crippen LogP contribution >= 0.6 is 23.6 Å². The number of carboxylic acid groups (broad SMARTS) is 1. The predicted octanol–water partition coefficient (Wildman–Crippen LogP) is 6.86. The molecule has 0 saturated heterocycles. The highest BCUT2D eigenvalue weighted by Crippen LogP contribution is 2.26. The molecule has 1 unspecified atom stereocenters. The Balaban J connectivity index is 1.60. The number of benzene rings is 4. The number of anilines is 2. The quantitative estimate of drug-likeness (QED) is 0.0740. The summed E-state index contributed by atoms with van der Waals surface area (Å²) in [6.45, 7) is 0.387. The van der Waals surface area contributed by atoms with Gasteiger partial charge in [0.2, 0.25) is 5.13 Å². The first-order valence-corrected chi connectivity index (χ1v) is 17.0. The van der Waals surface area contributed by atoms with Gasteiger partial charge in [-0.3, -0.25) is 34.6 Å². The summed E-state index contributed by atoms with van der Waals surface area (Å²) in [5, 5.41) is 19.2. The van der Waals surface area contributed by atoms with Crippen LogP contribution in [0.5, 0.6) is 0 Å². The number of aromatic nitrogens is 2. The average Bonchev–Trinajstić information content (AvgIpc) is 3.54. The van der Waals surface area contributed by atoms with Crippen molar-refractivity contribution < 1.29 is 29.0 Å². The highest BCUT2D eigenvalue weighted by Gasteiger charge is 2.43. The minimum Gasteiger partial charge on any atom is -0.481 e. The minimum absolute atomic E-state index is 0.0935. The lowest BCUT2D eigenvalue weighted by atomic mass is 9.95. The molecule has 0 aliphatic rings. The van der Waals surface area contributed by atoms with Gasteiger partial charge in [-0.2, -0.15) is 0 Å². The maximum Gasteiger partial charge on any atom is 0.415 e. The Kier molecular flexibility index (Phi) is 12.7. The number of hydrogen-bond acceptors (Lipinski definition) is 9. The molecule has 0 spiro atoms. The molecule has 2 atom stereocenters. The number of aromatic amines is 1. The molecule has 0 saturated carbocycles. The Morgan fingerprint density at radius 3 is 1.82 bits per heavy atom. The molecule has 0 aliphatic carbocycles. The van der Waals surface area contributed by atoms with E-state index in [9.17, 15) is 19.5 Å². The molecular weight excluding hydrogens is 675 g/mol. The van der Waals surface area contributed by atoms with Gasteiger partial charge in [0.15, 0.2) is 15.8 Å². The molecule has 11 nitrogen and oxygen atoms in total. The van der Waals surface area contributed by atoms with Crippen LogP contribution in [0.25, 0.3) is 0 Å². The Hall–Kier alpha value is -5.50. The lowest BCUT2D eigenvalue weighted by Gasteiger charge is -2.36. The smallest absolute Gasteiger partial charge is 0.415 e. The normalized spacial score (nSPS) is 12.1. The second-order valence-corrected chi connectivity index (χ2v) is 12.9. The third kappa shape index (κ3) is 10.0. The van der Waals surface area contributed by atoms with Crippen molar-refractivity contribution >= 4 is 58.1 Å². The summed E-state index contributed by atoms with van der Waals surface area (Å²) in [7, 11) is 0. The number of Topliss-reactive ketones (excluding diaryl/α,β-unsaturated/α-hetero) is 1. The summed E-state index contributed by atoms with van der Waals surface area (Å²) < 4.78 is 6.01. The van der Waals surface area contributed by atoms with Crippen LogP contribution in [0.1, 0.15) is 29.5 Å². The largest absolute Gasteiger partial charge is 0.481 e. The molecule has 1 heterocycles. The molecule has 1 aromatic heterocycles. The zero-order valence-electron chi connectivity index (χ0n) is 26.9. The van der Waals surface area contributed by atoms with Crippen molar-refractivity contribution in [2.45, 2.75) is 44.6 Å². The summed E-state index contributed by atoms with van der Waals surface area (Å²) in [4.78, 5) is 58.4. The molecule has 0 fully saturated rings. The average molecular weight is 710 g/mol. The van der Waals surface area contributed by atoms with Crippen molar-refractivity contribution in [3.63, 3.8) is 0 Å². The van der Waals surface area contributed by atoms with Gasteiger partial charge >= 0.3 is 12.1 Å². The molecule has 5 rings (SSSR count). The number of nitrogens with zero attached hydrogens (tertiary/aromatic N) is 3. The number of ether oxygens (including phenoxy) is 1. The topological polar surface area (TPSA) is 145 Å². The first-order chi connectivity index (χ1) is 24.3. The number of ketones is 1. The number of para-hydroxylation sites is 1. The van der Waals surface area contributed by atoms with Crippen LogP contribution in [0.2, 0.25) is 0 Å². The summed E-state index contributed by atoms with van der Waals surface area (Å²) in [5.41, 5.74) is 2.67. The third-order valence-corrected chi connectivity index (χ3v) is 8.74. The highest BCUT2D eigenvalue weighted by molar-refractivity contribution is 7.73. The monoisotopic (exact) mass is 709 g/mol. The molecule has 2 amide bonds. The molecular formula is C37H35N5O6S2. The fraction of sp³-hybridized carbons (Fsp3) is 0.189. The first kappa shape index (κ1) is 35.8. The lowest BCUT2D eigenvalue weighted by molar-refractivity contribution is -0.137. The maximum absolute atomic E-state index is 15.1. The van der Waals surface area contributed by atoms with Gasteiger partial charge in [-0.05, 0) is 47.5 Å². The number of aliphatic carboxylic acids is 1. The van der Waals surface area contributed by atoms with E-state index in [1.807, 2.05) is 71.6 Å². The summed E-state index contributed by atoms with van der Waals surface area (Å²) >= 11 is 6.13. The highest BCUT2D eigenvalue weighted by atomic mass is 32.1. The fourth-order valence-electron chi connectivity index (χ4n) is 5.43. The summed E-state index contributed by atoms with van der Waals surface area (Å²) in [5.74, 6) is -2.68. The number of amides is 2. The molecule has 5 aromatic rings. The van der Waals surface area contributed by atoms with Crippen LogP contribution in [0.4, 0.5) is 15.6 Å².